The molecule has 0 radical (unpaired) electrons. The maximum Gasteiger partial charge on any atom is 0.249 e. The summed E-state index contributed by atoms with van der Waals surface area (Å²) in [7, 11) is -3.79. The molecule has 0 fully saturated rings. The first-order valence-corrected chi connectivity index (χ1v) is 6.62. The third-order valence-electron chi connectivity index (χ3n) is 2.19. The number of nitrogens with zero attached hydrogens (tertiary/aromatic N) is 1. The number of sulfonamides is 1. The van der Waals surface area contributed by atoms with Gasteiger partial charge in [0, 0.05) is 0 Å². The van der Waals surface area contributed by atoms with Gasteiger partial charge in [-0.15, -0.1) is 0 Å². The molecule has 0 aliphatic heterocycles. The lowest BCUT2D eigenvalue weighted by Crippen LogP contribution is -2.26. The van der Waals surface area contributed by atoms with Crippen LogP contribution in [0.1, 0.15) is 18.9 Å². The average molecular weight is 256 g/mol. The Morgan fingerprint density at radius 2 is 2.12 bits per heavy atom. The van der Waals surface area contributed by atoms with E-state index in [-0.39, 0.29) is 12.1 Å². The van der Waals surface area contributed by atoms with Gasteiger partial charge in [0.05, 0.1) is 11.8 Å². The number of anilines is 1. The molecule has 0 amide bonds. The number of nitrogens with one attached hydrogen (secondary N) is 1. The standard InChI is InChI=1S/C11H13FN2O2S/c1-3-11(7-13)17(15,16)14-10-5-8(2)4-9(12)6-10/h4-6,11,14H,3H2,1-2H3. The van der Waals surface area contributed by atoms with Gasteiger partial charge in [-0.1, -0.05) is 6.92 Å². The summed E-state index contributed by atoms with van der Waals surface area (Å²) in [6.07, 6.45) is 0.181. The van der Waals surface area contributed by atoms with Crippen molar-refractivity contribution in [3.63, 3.8) is 0 Å². The number of aryl methyl sites for hydroxylation is 1. The zero-order valence-electron chi connectivity index (χ0n) is 9.57. The zero-order chi connectivity index (χ0) is 13.1. The van der Waals surface area contributed by atoms with Gasteiger partial charge in [0.2, 0.25) is 10.0 Å². The summed E-state index contributed by atoms with van der Waals surface area (Å²) in [5.74, 6) is -0.521. The molecular weight excluding hydrogens is 243 g/mol. The van der Waals surface area contributed by atoms with Gasteiger partial charge in [-0.05, 0) is 37.1 Å². The molecule has 0 saturated carbocycles. The molecule has 0 bridgehead atoms. The minimum Gasteiger partial charge on any atom is -0.282 e. The first-order valence-electron chi connectivity index (χ1n) is 5.07. The summed E-state index contributed by atoms with van der Waals surface area (Å²) in [5.41, 5.74) is 0.740. The molecule has 1 N–H and O–H groups in total. The van der Waals surface area contributed by atoms with E-state index in [0.29, 0.717) is 5.56 Å². The van der Waals surface area contributed by atoms with Gasteiger partial charge in [-0.2, -0.15) is 5.26 Å². The quantitative estimate of drug-likeness (QED) is 0.897. The molecule has 0 aromatic heterocycles. The van der Waals surface area contributed by atoms with Crippen LogP contribution >= 0.6 is 0 Å². The van der Waals surface area contributed by atoms with Crippen LogP contribution in [0.3, 0.4) is 0 Å². The van der Waals surface area contributed by atoms with Crippen LogP contribution in [-0.2, 0) is 10.0 Å². The third-order valence-corrected chi connectivity index (χ3v) is 3.90. The van der Waals surface area contributed by atoms with Crippen molar-refractivity contribution in [2.45, 2.75) is 25.5 Å². The van der Waals surface area contributed by atoms with E-state index in [9.17, 15) is 12.8 Å². The van der Waals surface area contributed by atoms with Gasteiger partial charge in [-0.25, -0.2) is 12.8 Å². The van der Waals surface area contributed by atoms with Crippen molar-refractivity contribution in [3.05, 3.63) is 29.6 Å². The number of halogens is 1. The van der Waals surface area contributed by atoms with Crippen LogP contribution in [-0.4, -0.2) is 13.7 Å². The SMILES string of the molecule is CCC(C#N)S(=O)(=O)Nc1cc(C)cc(F)c1. The molecule has 17 heavy (non-hydrogen) atoms. The Morgan fingerprint density at radius 1 is 1.47 bits per heavy atom. The first kappa shape index (κ1) is 13.5. The monoisotopic (exact) mass is 256 g/mol. The van der Waals surface area contributed by atoms with Gasteiger partial charge in [0.1, 0.15) is 5.82 Å². The van der Waals surface area contributed by atoms with E-state index in [1.165, 1.54) is 12.1 Å². The van der Waals surface area contributed by atoms with Gasteiger partial charge in [0.25, 0.3) is 0 Å². The van der Waals surface area contributed by atoms with Crippen molar-refractivity contribution >= 4 is 15.7 Å². The normalized spacial score (nSPS) is 12.8. The van der Waals surface area contributed by atoms with Crippen molar-refractivity contribution in [3.8, 4) is 6.07 Å². The van der Waals surface area contributed by atoms with E-state index in [2.05, 4.69) is 4.72 Å². The Bertz CT molecular complexity index is 529. The summed E-state index contributed by atoms with van der Waals surface area (Å²) < 4.78 is 38.7. The second kappa shape index (κ2) is 5.15. The van der Waals surface area contributed by atoms with Crippen LogP contribution in [0.5, 0.6) is 0 Å². The van der Waals surface area contributed by atoms with Crippen molar-refractivity contribution in [1.29, 1.82) is 5.26 Å². The van der Waals surface area contributed by atoms with Gasteiger partial charge in [0.15, 0.2) is 5.25 Å². The molecule has 0 heterocycles. The predicted molar refractivity (Wildman–Crippen MR) is 63.4 cm³/mol. The van der Waals surface area contributed by atoms with E-state index < -0.39 is 21.1 Å². The van der Waals surface area contributed by atoms with Gasteiger partial charge in [-0.3, -0.25) is 4.72 Å². The fourth-order valence-electron chi connectivity index (χ4n) is 1.41. The Hall–Kier alpha value is -1.61. The fourth-order valence-corrected chi connectivity index (χ4v) is 2.58. The smallest absolute Gasteiger partial charge is 0.249 e. The number of hydrogen-bond donors (Lipinski definition) is 1. The van der Waals surface area contributed by atoms with Crippen LogP contribution in [0, 0.1) is 24.1 Å². The van der Waals surface area contributed by atoms with Gasteiger partial charge >= 0.3 is 0 Å². The molecule has 1 aromatic rings. The lowest BCUT2D eigenvalue weighted by Gasteiger charge is -2.11. The van der Waals surface area contributed by atoms with Crippen molar-refractivity contribution in [2.75, 3.05) is 4.72 Å². The van der Waals surface area contributed by atoms with E-state index in [4.69, 9.17) is 5.26 Å². The average Bonchev–Trinajstić information content (AvgIpc) is 2.15. The van der Waals surface area contributed by atoms with Crippen molar-refractivity contribution in [1.82, 2.24) is 0 Å². The van der Waals surface area contributed by atoms with Crippen LogP contribution < -0.4 is 4.72 Å². The summed E-state index contributed by atoms with van der Waals surface area (Å²) in [6, 6.07) is 5.57. The van der Waals surface area contributed by atoms with Crippen molar-refractivity contribution in [2.24, 2.45) is 0 Å². The van der Waals surface area contributed by atoms with E-state index in [0.717, 1.165) is 6.07 Å². The fraction of sp³-hybridized carbons (Fsp3) is 0.364. The highest BCUT2D eigenvalue weighted by Crippen LogP contribution is 2.17. The highest BCUT2D eigenvalue weighted by Gasteiger charge is 2.23. The summed E-state index contributed by atoms with van der Waals surface area (Å²) >= 11 is 0. The maximum absolute atomic E-state index is 13.1. The Labute approximate surface area is 100 Å². The molecule has 1 atom stereocenters. The molecule has 1 unspecified atom stereocenters. The first-order chi connectivity index (χ1) is 7.89. The van der Waals surface area contributed by atoms with Crippen LogP contribution in [0.4, 0.5) is 10.1 Å². The molecular formula is C11H13FN2O2S. The number of nitriles is 1. The van der Waals surface area contributed by atoms with Gasteiger partial charge < -0.3 is 0 Å². The highest BCUT2D eigenvalue weighted by molar-refractivity contribution is 7.93. The van der Waals surface area contributed by atoms with Crippen LogP contribution in [0.25, 0.3) is 0 Å². The Balaban J connectivity index is 3.02. The number of benzene rings is 1. The molecule has 0 aliphatic carbocycles. The second-order valence-electron chi connectivity index (χ2n) is 3.69. The summed E-state index contributed by atoms with van der Waals surface area (Å²) in [4.78, 5) is 0. The number of rotatable bonds is 4. The second-order valence-corrected chi connectivity index (χ2v) is 5.55. The molecule has 6 heteroatoms. The zero-order valence-corrected chi connectivity index (χ0v) is 10.4. The molecule has 1 rings (SSSR count). The van der Waals surface area contributed by atoms with Crippen molar-refractivity contribution < 1.29 is 12.8 Å². The van der Waals surface area contributed by atoms with Crippen LogP contribution in [0.15, 0.2) is 18.2 Å². The molecule has 4 nitrogen and oxygen atoms in total. The van der Waals surface area contributed by atoms with E-state index in [1.807, 2.05) is 0 Å². The van der Waals surface area contributed by atoms with E-state index in [1.54, 1.807) is 19.9 Å². The van der Waals surface area contributed by atoms with E-state index >= 15 is 0 Å². The highest BCUT2D eigenvalue weighted by atomic mass is 32.2. The predicted octanol–water partition coefficient (Wildman–Crippen LogP) is 2.18. The maximum atomic E-state index is 13.1. The molecule has 0 aliphatic rings. The minimum atomic E-state index is -3.79. The number of hydrogen-bond acceptors (Lipinski definition) is 3. The minimum absolute atomic E-state index is 0.135. The molecule has 1 aromatic carbocycles. The summed E-state index contributed by atoms with van der Waals surface area (Å²) in [5, 5.41) is 7.57. The third kappa shape index (κ3) is 3.43. The molecule has 0 spiro atoms. The van der Waals surface area contributed by atoms with Crippen LogP contribution in [0.2, 0.25) is 0 Å². The Morgan fingerprint density at radius 3 is 2.59 bits per heavy atom. The Kier molecular flexibility index (Phi) is 4.07. The molecule has 0 saturated heterocycles. The largest absolute Gasteiger partial charge is 0.282 e. The topological polar surface area (TPSA) is 70.0 Å². The lowest BCUT2D eigenvalue weighted by molar-refractivity contribution is 0.592. The summed E-state index contributed by atoms with van der Waals surface area (Å²) in [6.45, 7) is 3.26. The molecule has 92 valence electrons. The lowest BCUT2D eigenvalue weighted by atomic mass is 10.2.